The third-order valence-electron chi connectivity index (χ3n) is 3.95. The summed E-state index contributed by atoms with van der Waals surface area (Å²) in [6, 6.07) is 13.7. The van der Waals surface area contributed by atoms with Crippen LogP contribution >= 0.6 is 11.3 Å². The maximum Gasteiger partial charge on any atom is 0.208 e. The van der Waals surface area contributed by atoms with Crippen molar-refractivity contribution in [2.45, 2.75) is 6.92 Å². The highest BCUT2D eigenvalue weighted by Crippen LogP contribution is 2.24. The quantitative estimate of drug-likeness (QED) is 0.551. The largest absolute Gasteiger partial charge is 0.385 e. The van der Waals surface area contributed by atoms with E-state index in [9.17, 15) is 4.79 Å². The standard InChI is InChI=1S/C19H16N4OS/c1-2-20-14-7-5-13(6-8-14)16-9-10-21-19-15(12-22-23(16)19)18(24)17-4-3-11-25-17/h3-12,20H,2H2,1H3. The molecule has 0 unspecified atom stereocenters. The van der Waals surface area contributed by atoms with E-state index in [-0.39, 0.29) is 5.78 Å². The first-order valence-corrected chi connectivity index (χ1v) is 8.91. The molecular formula is C19H16N4OS. The van der Waals surface area contributed by atoms with Crippen LogP contribution in [0.3, 0.4) is 0 Å². The van der Waals surface area contributed by atoms with E-state index in [1.165, 1.54) is 11.3 Å². The highest BCUT2D eigenvalue weighted by Gasteiger charge is 2.18. The number of carbonyl (C=O) groups is 1. The van der Waals surface area contributed by atoms with Gasteiger partial charge in [-0.1, -0.05) is 18.2 Å². The number of carbonyl (C=O) groups excluding carboxylic acids is 1. The van der Waals surface area contributed by atoms with E-state index in [4.69, 9.17) is 0 Å². The SMILES string of the molecule is CCNc1ccc(-c2ccnc3c(C(=O)c4cccs4)cnn23)cc1. The molecule has 3 heterocycles. The van der Waals surface area contributed by atoms with Gasteiger partial charge in [0.1, 0.15) is 0 Å². The van der Waals surface area contributed by atoms with Crippen molar-refractivity contribution in [3.8, 4) is 11.3 Å². The number of hydrogen-bond donors (Lipinski definition) is 1. The molecule has 124 valence electrons. The number of nitrogens with one attached hydrogen (secondary N) is 1. The topological polar surface area (TPSA) is 59.3 Å². The van der Waals surface area contributed by atoms with Crippen LogP contribution in [0, 0.1) is 0 Å². The van der Waals surface area contributed by atoms with Crippen molar-refractivity contribution >= 4 is 28.5 Å². The van der Waals surface area contributed by atoms with Crippen LogP contribution in [0.1, 0.15) is 22.2 Å². The molecule has 25 heavy (non-hydrogen) atoms. The highest BCUT2D eigenvalue weighted by atomic mass is 32.1. The Morgan fingerprint density at radius 3 is 2.76 bits per heavy atom. The van der Waals surface area contributed by atoms with Gasteiger partial charge in [-0.3, -0.25) is 4.79 Å². The van der Waals surface area contributed by atoms with Gasteiger partial charge >= 0.3 is 0 Å². The number of ketones is 1. The Kier molecular flexibility index (Phi) is 4.03. The molecule has 0 spiro atoms. The van der Waals surface area contributed by atoms with Gasteiger partial charge in [0.05, 0.1) is 22.3 Å². The fraction of sp³-hybridized carbons (Fsp3) is 0.105. The van der Waals surface area contributed by atoms with Gasteiger partial charge in [-0.15, -0.1) is 11.3 Å². The van der Waals surface area contributed by atoms with Gasteiger partial charge < -0.3 is 5.32 Å². The molecule has 4 rings (SSSR count). The Morgan fingerprint density at radius 1 is 1.20 bits per heavy atom. The maximum atomic E-state index is 12.7. The number of hydrogen-bond acceptors (Lipinski definition) is 5. The molecular weight excluding hydrogens is 332 g/mol. The monoisotopic (exact) mass is 348 g/mol. The zero-order valence-electron chi connectivity index (χ0n) is 13.6. The van der Waals surface area contributed by atoms with Crippen LogP contribution in [0.15, 0.2) is 60.2 Å². The molecule has 0 radical (unpaired) electrons. The second-order valence-electron chi connectivity index (χ2n) is 5.54. The minimum absolute atomic E-state index is 0.0443. The molecule has 0 atom stereocenters. The number of aromatic nitrogens is 3. The summed E-state index contributed by atoms with van der Waals surface area (Å²) in [5.74, 6) is -0.0443. The van der Waals surface area contributed by atoms with Gasteiger partial charge in [0.25, 0.3) is 0 Å². The van der Waals surface area contributed by atoms with Crippen LogP contribution in [0.25, 0.3) is 16.9 Å². The lowest BCUT2D eigenvalue weighted by Gasteiger charge is -2.07. The van der Waals surface area contributed by atoms with E-state index in [1.54, 1.807) is 16.9 Å². The number of fused-ring (bicyclic) bond motifs is 1. The lowest BCUT2D eigenvalue weighted by atomic mass is 10.1. The van der Waals surface area contributed by atoms with E-state index in [0.717, 1.165) is 23.5 Å². The van der Waals surface area contributed by atoms with E-state index >= 15 is 0 Å². The van der Waals surface area contributed by atoms with Gasteiger partial charge in [0, 0.05) is 24.0 Å². The van der Waals surface area contributed by atoms with Crippen molar-refractivity contribution in [1.29, 1.82) is 0 Å². The smallest absolute Gasteiger partial charge is 0.208 e. The van der Waals surface area contributed by atoms with E-state index in [1.807, 2.05) is 47.8 Å². The molecule has 4 aromatic rings. The molecule has 0 bridgehead atoms. The van der Waals surface area contributed by atoms with Gasteiger partial charge in [-0.25, -0.2) is 9.50 Å². The molecule has 0 fully saturated rings. The molecule has 1 aromatic carbocycles. The van der Waals surface area contributed by atoms with Crippen LogP contribution < -0.4 is 5.32 Å². The van der Waals surface area contributed by atoms with Gasteiger partial charge in [-0.2, -0.15) is 5.10 Å². The van der Waals surface area contributed by atoms with Crippen LogP contribution in [0.5, 0.6) is 0 Å². The summed E-state index contributed by atoms with van der Waals surface area (Å²) < 4.78 is 1.73. The Bertz CT molecular complexity index is 1020. The lowest BCUT2D eigenvalue weighted by Crippen LogP contribution is -2.01. The Hall–Kier alpha value is -2.99. The molecule has 0 saturated carbocycles. The van der Waals surface area contributed by atoms with Crippen LogP contribution in [-0.2, 0) is 0 Å². The van der Waals surface area contributed by atoms with Crippen molar-refractivity contribution in [3.05, 3.63) is 70.7 Å². The number of benzene rings is 1. The predicted octanol–water partition coefficient (Wildman–Crippen LogP) is 4.12. The second kappa shape index (κ2) is 6.49. The fourth-order valence-corrected chi connectivity index (χ4v) is 3.45. The van der Waals surface area contributed by atoms with Crippen molar-refractivity contribution in [2.75, 3.05) is 11.9 Å². The Morgan fingerprint density at radius 2 is 2.04 bits per heavy atom. The zero-order chi connectivity index (χ0) is 17.2. The fourth-order valence-electron chi connectivity index (χ4n) is 2.77. The Balaban J connectivity index is 1.78. The van der Waals surface area contributed by atoms with Crippen molar-refractivity contribution in [3.63, 3.8) is 0 Å². The number of rotatable bonds is 5. The summed E-state index contributed by atoms with van der Waals surface area (Å²) in [7, 11) is 0. The molecule has 5 nitrogen and oxygen atoms in total. The van der Waals surface area contributed by atoms with Gasteiger partial charge in [-0.05, 0) is 36.6 Å². The summed E-state index contributed by atoms with van der Waals surface area (Å²) in [5.41, 5.74) is 4.09. The molecule has 0 amide bonds. The average molecular weight is 348 g/mol. The molecule has 6 heteroatoms. The number of nitrogens with zero attached hydrogens (tertiary/aromatic N) is 3. The molecule has 0 saturated heterocycles. The molecule has 0 aliphatic carbocycles. The Labute approximate surface area is 149 Å². The normalized spacial score (nSPS) is 10.9. The molecule has 0 aliphatic heterocycles. The zero-order valence-corrected chi connectivity index (χ0v) is 14.5. The van der Waals surface area contributed by atoms with Crippen LogP contribution in [0.4, 0.5) is 5.69 Å². The van der Waals surface area contributed by atoms with Crippen molar-refractivity contribution in [2.24, 2.45) is 0 Å². The minimum Gasteiger partial charge on any atom is -0.385 e. The summed E-state index contributed by atoms with van der Waals surface area (Å²) in [6.07, 6.45) is 3.32. The summed E-state index contributed by atoms with van der Waals surface area (Å²) in [5, 5.41) is 9.58. The number of thiophene rings is 1. The second-order valence-corrected chi connectivity index (χ2v) is 6.49. The third-order valence-corrected chi connectivity index (χ3v) is 4.82. The van der Waals surface area contributed by atoms with Crippen LogP contribution in [-0.4, -0.2) is 26.9 Å². The summed E-state index contributed by atoms with van der Waals surface area (Å²) in [4.78, 5) is 17.7. The minimum atomic E-state index is -0.0443. The van der Waals surface area contributed by atoms with E-state index in [0.29, 0.717) is 16.1 Å². The first-order chi connectivity index (χ1) is 12.3. The first kappa shape index (κ1) is 15.5. The first-order valence-electron chi connectivity index (χ1n) is 8.03. The molecule has 3 aromatic heterocycles. The highest BCUT2D eigenvalue weighted by molar-refractivity contribution is 7.12. The molecule has 0 aliphatic rings. The average Bonchev–Trinajstić information content (AvgIpc) is 3.32. The number of anilines is 1. The van der Waals surface area contributed by atoms with Gasteiger partial charge in [0.2, 0.25) is 5.78 Å². The van der Waals surface area contributed by atoms with E-state index < -0.39 is 0 Å². The predicted molar refractivity (Wildman–Crippen MR) is 100 cm³/mol. The summed E-state index contributed by atoms with van der Waals surface area (Å²) >= 11 is 1.42. The third kappa shape index (κ3) is 2.81. The van der Waals surface area contributed by atoms with Gasteiger partial charge in [0.15, 0.2) is 5.65 Å². The summed E-state index contributed by atoms with van der Waals surface area (Å²) in [6.45, 7) is 2.95. The van der Waals surface area contributed by atoms with Crippen LogP contribution in [0.2, 0.25) is 0 Å². The van der Waals surface area contributed by atoms with E-state index in [2.05, 4.69) is 22.3 Å². The van der Waals surface area contributed by atoms with Crippen molar-refractivity contribution in [1.82, 2.24) is 14.6 Å². The van der Waals surface area contributed by atoms with Crippen molar-refractivity contribution < 1.29 is 4.79 Å². The maximum absolute atomic E-state index is 12.7. The lowest BCUT2D eigenvalue weighted by molar-refractivity contribution is 0.104. The molecule has 1 N–H and O–H groups in total.